The number of carbonyl (C=O) groups excluding carboxylic acids is 1. The van der Waals surface area contributed by atoms with E-state index < -0.39 is 18.2 Å². The first-order valence-electron chi connectivity index (χ1n) is 7.45. The molecule has 2 rings (SSSR count). The number of hydrogen-bond donors (Lipinski definition) is 3. The van der Waals surface area contributed by atoms with Gasteiger partial charge in [-0.05, 0) is 16.3 Å². The summed E-state index contributed by atoms with van der Waals surface area (Å²) in [5.41, 5.74) is 6.75. The number of halogens is 3. The molecule has 0 aromatic heterocycles. The SMILES string of the molecule is COC[C@H](N)C(=O)NCc1cccc2ccccc12.O=C(O)C(F)(F)F. The van der Waals surface area contributed by atoms with Crippen LogP contribution >= 0.6 is 0 Å². The van der Waals surface area contributed by atoms with Gasteiger partial charge in [-0.25, -0.2) is 4.79 Å². The van der Waals surface area contributed by atoms with E-state index in [0.29, 0.717) is 6.54 Å². The van der Waals surface area contributed by atoms with E-state index in [1.54, 1.807) is 0 Å². The molecule has 0 saturated carbocycles. The lowest BCUT2D eigenvalue weighted by atomic mass is 10.0. The Bertz CT molecular complexity index is 745. The van der Waals surface area contributed by atoms with Gasteiger partial charge in [0.15, 0.2) is 0 Å². The number of carboxylic acids is 1. The number of nitrogens with two attached hydrogens (primary N) is 1. The molecule has 2 aromatic carbocycles. The van der Waals surface area contributed by atoms with Crippen molar-refractivity contribution in [3.05, 3.63) is 48.0 Å². The second-order valence-electron chi connectivity index (χ2n) is 5.22. The van der Waals surface area contributed by atoms with Gasteiger partial charge >= 0.3 is 12.1 Å². The largest absolute Gasteiger partial charge is 0.490 e. The smallest absolute Gasteiger partial charge is 0.475 e. The molecule has 0 unspecified atom stereocenters. The highest BCUT2D eigenvalue weighted by molar-refractivity contribution is 5.86. The van der Waals surface area contributed by atoms with Crippen molar-refractivity contribution in [3.8, 4) is 0 Å². The Hall–Kier alpha value is -2.65. The maximum Gasteiger partial charge on any atom is 0.490 e. The van der Waals surface area contributed by atoms with Crippen LogP contribution in [0, 0.1) is 0 Å². The zero-order chi connectivity index (χ0) is 19.7. The quantitative estimate of drug-likeness (QED) is 0.746. The van der Waals surface area contributed by atoms with Gasteiger partial charge in [-0.15, -0.1) is 0 Å². The molecular formula is C17H19F3N2O4. The maximum atomic E-state index is 11.7. The molecule has 142 valence electrons. The molecule has 0 heterocycles. The van der Waals surface area contributed by atoms with Gasteiger partial charge < -0.3 is 20.9 Å². The van der Waals surface area contributed by atoms with Gasteiger partial charge in [0.1, 0.15) is 6.04 Å². The van der Waals surface area contributed by atoms with Gasteiger partial charge in [0.2, 0.25) is 5.91 Å². The van der Waals surface area contributed by atoms with Crippen molar-refractivity contribution in [1.29, 1.82) is 0 Å². The molecule has 6 nitrogen and oxygen atoms in total. The lowest BCUT2D eigenvalue weighted by Crippen LogP contribution is -2.43. The molecule has 0 saturated heterocycles. The Morgan fingerprint density at radius 1 is 1.19 bits per heavy atom. The Balaban J connectivity index is 0.000000412. The third-order valence-electron chi connectivity index (χ3n) is 3.26. The van der Waals surface area contributed by atoms with Crippen molar-refractivity contribution in [2.24, 2.45) is 5.73 Å². The van der Waals surface area contributed by atoms with Crippen LogP contribution in [0.3, 0.4) is 0 Å². The van der Waals surface area contributed by atoms with Crippen molar-refractivity contribution in [1.82, 2.24) is 5.32 Å². The third kappa shape index (κ3) is 6.69. The summed E-state index contributed by atoms with van der Waals surface area (Å²) in [4.78, 5) is 20.6. The summed E-state index contributed by atoms with van der Waals surface area (Å²) in [6.45, 7) is 0.693. The van der Waals surface area contributed by atoms with Crippen LogP contribution in [0.5, 0.6) is 0 Å². The van der Waals surface area contributed by atoms with Gasteiger partial charge in [-0.3, -0.25) is 4.79 Å². The van der Waals surface area contributed by atoms with Crippen LogP contribution in [-0.4, -0.2) is 42.9 Å². The number of methoxy groups -OCH3 is 1. The first-order chi connectivity index (χ1) is 12.2. The predicted molar refractivity (Wildman–Crippen MR) is 89.3 cm³/mol. The minimum atomic E-state index is -5.08. The summed E-state index contributed by atoms with van der Waals surface area (Å²) in [5.74, 6) is -2.96. The highest BCUT2D eigenvalue weighted by Crippen LogP contribution is 2.18. The molecule has 0 aliphatic carbocycles. The summed E-state index contributed by atoms with van der Waals surface area (Å²) in [5, 5.41) is 12.3. The van der Waals surface area contributed by atoms with E-state index in [2.05, 4.69) is 17.4 Å². The number of carbonyl (C=O) groups is 2. The summed E-state index contributed by atoms with van der Waals surface area (Å²) in [6.07, 6.45) is -5.08. The van der Waals surface area contributed by atoms with E-state index in [9.17, 15) is 18.0 Å². The lowest BCUT2D eigenvalue weighted by molar-refractivity contribution is -0.192. The standard InChI is InChI=1S/C15H18N2O2.C2HF3O2/c1-19-10-14(16)15(18)17-9-12-7-4-6-11-5-2-3-8-13(11)12;3-2(4,5)1(6)7/h2-8,14H,9-10,16H2,1H3,(H,17,18);(H,6,7)/t14-;/m0./s1. The molecule has 0 bridgehead atoms. The molecule has 1 amide bonds. The third-order valence-corrected chi connectivity index (χ3v) is 3.26. The molecule has 0 spiro atoms. The van der Waals surface area contributed by atoms with Crippen molar-refractivity contribution in [2.75, 3.05) is 13.7 Å². The van der Waals surface area contributed by atoms with Crippen molar-refractivity contribution >= 4 is 22.6 Å². The zero-order valence-electron chi connectivity index (χ0n) is 13.9. The zero-order valence-corrected chi connectivity index (χ0v) is 13.9. The van der Waals surface area contributed by atoms with E-state index in [1.807, 2.05) is 30.3 Å². The highest BCUT2D eigenvalue weighted by atomic mass is 19.4. The highest BCUT2D eigenvalue weighted by Gasteiger charge is 2.38. The van der Waals surface area contributed by atoms with Gasteiger partial charge in [-0.1, -0.05) is 42.5 Å². The number of amides is 1. The number of benzene rings is 2. The van der Waals surface area contributed by atoms with Crippen LogP contribution < -0.4 is 11.1 Å². The summed E-state index contributed by atoms with van der Waals surface area (Å²) in [6, 6.07) is 13.5. The summed E-state index contributed by atoms with van der Waals surface area (Å²) >= 11 is 0. The second kappa shape index (κ2) is 9.73. The predicted octanol–water partition coefficient (Wildman–Crippen LogP) is 2.06. The molecule has 4 N–H and O–H groups in total. The number of rotatable bonds is 5. The molecule has 0 aliphatic rings. The topological polar surface area (TPSA) is 102 Å². The Morgan fingerprint density at radius 3 is 2.35 bits per heavy atom. The summed E-state index contributed by atoms with van der Waals surface area (Å²) < 4.78 is 36.6. The van der Waals surface area contributed by atoms with Gasteiger partial charge in [0.05, 0.1) is 6.61 Å². The molecule has 2 aromatic rings. The van der Waals surface area contributed by atoms with E-state index in [0.717, 1.165) is 16.3 Å². The second-order valence-corrected chi connectivity index (χ2v) is 5.22. The fourth-order valence-electron chi connectivity index (χ4n) is 2.02. The number of alkyl halides is 3. The van der Waals surface area contributed by atoms with E-state index in [1.165, 1.54) is 7.11 Å². The molecule has 9 heteroatoms. The molecular weight excluding hydrogens is 353 g/mol. The van der Waals surface area contributed by atoms with E-state index >= 15 is 0 Å². The Morgan fingerprint density at radius 2 is 1.77 bits per heavy atom. The van der Waals surface area contributed by atoms with Crippen LogP contribution in [0.25, 0.3) is 10.8 Å². The van der Waals surface area contributed by atoms with Crippen LogP contribution in [0.1, 0.15) is 5.56 Å². The average molecular weight is 372 g/mol. The van der Waals surface area contributed by atoms with Crippen LogP contribution in [0.4, 0.5) is 13.2 Å². The van der Waals surface area contributed by atoms with Crippen LogP contribution in [-0.2, 0) is 20.9 Å². The number of hydrogen-bond acceptors (Lipinski definition) is 4. The van der Waals surface area contributed by atoms with Gasteiger partial charge in [0.25, 0.3) is 0 Å². The maximum absolute atomic E-state index is 11.7. The number of nitrogens with one attached hydrogen (secondary N) is 1. The van der Waals surface area contributed by atoms with Crippen LogP contribution in [0.2, 0.25) is 0 Å². The van der Waals surface area contributed by atoms with Crippen molar-refractivity contribution in [3.63, 3.8) is 0 Å². The Labute approximate surface area is 147 Å². The molecule has 0 radical (unpaired) electrons. The Kier molecular flexibility index (Phi) is 8.01. The number of ether oxygens (including phenoxy) is 1. The molecule has 26 heavy (non-hydrogen) atoms. The van der Waals surface area contributed by atoms with Crippen LogP contribution in [0.15, 0.2) is 42.5 Å². The molecule has 0 aliphatic heterocycles. The first kappa shape index (κ1) is 21.4. The lowest BCUT2D eigenvalue weighted by Gasteiger charge is -2.12. The number of carboxylic acid groups (broad SMARTS) is 1. The fraction of sp³-hybridized carbons (Fsp3) is 0.294. The number of aliphatic carboxylic acids is 1. The van der Waals surface area contributed by atoms with Gasteiger partial charge in [0, 0.05) is 13.7 Å². The summed E-state index contributed by atoms with van der Waals surface area (Å²) in [7, 11) is 1.53. The average Bonchev–Trinajstić information content (AvgIpc) is 2.59. The van der Waals surface area contributed by atoms with E-state index in [-0.39, 0.29) is 12.5 Å². The van der Waals surface area contributed by atoms with Gasteiger partial charge in [-0.2, -0.15) is 13.2 Å². The molecule has 1 atom stereocenters. The normalized spacial score (nSPS) is 12.0. The first-order valence-corrected chi connectivity index (χ1v) is 7.45. The minimum Gasteiger partial charge on any atom is -0.475 e. The van der Waals surface area contributed by atoms with Crippen molar-refractivity contribution < 1.29 is 32.6 Å². The molecule has 0 fully saturated rings. The number of fused-ring (bicyclic) bond motifs is 1. The minimum absolute atomic E-state index is 0.199. The van der Waals surface area contributed by atoms with E-state index in [4.69, 9.17) is 20.4 Å². The van der Waals surface area contributed by atoms with Crippen molar-refractivity contribution in [2.45, 2.75) is 18.8 Å². The monoisotopic (exact) mass is 372 g/mol. The fourth-order valence-corrected chi connectivity index (χ4v) is 2.02.